The van der Waals surface area contributed by atoms with Gasteiger partial charge in [0.15, 0.2) is 0 Å². The number of ether oxygens (including phenoxy) is 1. The zero-order chi connectivity index (χ0) is 14.8. The number of aliphatic hydroxyl groups excluding tert-OH is 1. The summed E-state index contributed by atoms with van der Waals surface area (Å²) in [6.07, 6.45) is 1.56. The Labute approximate surface area is 119 Å². The SMILES string of the molecule is CCOCCN(CC)C(=O)c1ncccc1C#CCO. The predicted octanol–water partition coefficient (Wildman–Crippen LogP) is 0.924. The molecule has 0 saturated heterocycles. The lowest BCUT2D eigenvalue weighted by atomic mass is 10.1. The molecule has 0 saturated carbocycles. The van der Waals surface area contributed by atoms with Crippen molar-refractivity contribution in [2.24, 2.45) is 0 Å². The zero-order valence-corrected chi connectivity index (χ0v) is 11.9. The van der Waals surface area contributed by atoms with Crippen LogP contribution in [-0.2, 0) is 4.74 Å². The first-order valence-corrected chi connectivity index (χ1v) is 6.66. The van der Waals surface area contributed by atoms with Gasteiger partial charge in [-0.15, -0.1) is 0 Å². The average Bonchev–Trinajstić information content (AvgIpc) is 2.49. The summed E-state index contributed by atoms with van der Waals surface area (Å²) in [5, 5.41) is 8.75. The number of hydrogen-bond donors (Lipinski definition) is 1. The second-order valence-corrected chi connectivity index (χ2v) is 3.94. The Balaban J connectivity index is 2.89. The largest absolute Gasteiger partial charge is 0.384 e. The number of nitrogens with zero attached hydrogens (tertiary/aromatic N) is 2. The van der Waals surface area contributed by atoms with Crippen LogP contribution in [0.4, 0.5) is 0 Å². The molecule has 0 aliphatic heterocycles. The van der Waals surface area contributed by atoms with Gasteiger partial charge in [-0.1, -0.05) is 11.8 Å². The number of hydrogen-bond acceptors (Lipinski definition) is 4. The molecule has 0 fully saturated rings. The molecule has 1 aromatic rings. The summed E-state index contributed by atoms with van der Waals surface area (Å²) in [7, 11) is 0. The second-order valence-electron chi connectivity index (χ2n) is 3.94. The molecule has 0 aliphatic rings. The minimum Gasteiger partial charge on any atom is -0.384 e. The van der Waals surface area contributed by atoms with Crippen LogP contribution in [0.25, 0.3) is 0 Å². The molecule has 1 amide bonds. The van der Waals surface area contributed by atoms with Crippen LogP contribution in [0.3, 0.4) is 0 Å². The Morgan fingerprint density at radius 3 is 2.95 bits per heavy atom. The first kappa shape index (κ1) is 16.2. The fourth-order valence-corrected chi connectivity index (χ4v) is 1.68. The molecule has 1 aromatic heterocycles. The van der Waals surface area contributed by atoms with Gasteiger partial charge >= 0.3 is 0 Å². The Morgan fingerprint density at radius 2 is 2.30 bits per heavy atom. The molecule has 0 radical (unpaired) electrons. The van der Waals surface area contributed by atoms with E-state index in [1.165, 1.54) is 0 Å². The van der Waals surface area contributed by atoms with Crippen LogP contribution >= 0.6 is 0 Å². The van der Waals surface area contributed by atoms with Crippen LogP contribution in [0.5, 0.6) is 0 Å². The summed E-state index contributed by atoms with van der Waals surface area (Å²) in [6.45, 7) is 5.81. The summed E-state index contributed by atoms with van der Waals surface area (Å²) >= 11 is 0. The van der Waals surface area contributed by atoms with Gasteiger partial charge in [0.1, 0.15) is 12.3 Å². The van der Waals surface area contributed by atoms with Crippen molar-refractivity contribution in [3.8, 4) is 11.8 Å². The molecule has 20 heavy (non-hydrogen) atoms. The summed E-state index contributed by atoms with van der Waals surface area (Å²) in [4.78, 5) is 18.2. The van der Waals surface area contributed by atoms with E-state index in [9.17, 15) is 4.79 Å². The number of aliphatic hydroxyl groups is 1. The Bertz CT molecular complexity index is 491. The topological polar surface area (TPSA) is 62.7 Å². The van der Waals surface area contributed by atoms with Gasteiger partial charge in [-0.25, -0.2) is 4.98 Å². The smallest absolute Gasteiger partial charge is 0.273 e. The maximum atomic E-state index is 12.4. The number of amides is 1. The Hall–Kier alpha value is -1.90. The molecular weight excluding hydrogens is 256 g/mol. The number of carbonyl (C=O) groups is 1. The van der Waals surface area contributed by atoms with Gasteiger partial charge in [-0.3, -0.25) is 4.79 Å². The van der Waals surface area contributed by atoms with Crippen LogP contribution in [-0.4, -0.2) is 53.8 Å². The Kier molecular flexibility index (Phi) is 7.33. The van der Waals surface area contributed by atoms with Crippen molar-refractivity contribution in [2.75, 3.05) is 32.9 Å². The van der Waals surface area contributed by atoms with E-state index >= 15 is 0 Å². The number of likely N-dealkylation sites (N-methyl/N-ethyl adjacent to an activating group) is 1. The lowest BCUT2D eigenvalue weighted by molar-refractivity contribution is 0.0663. The molecule has 1 N–H and O–H groups in total. The van der Waals surface area contributed by atoms with Crippen LogP contribution < -0.4 is 0 Å². The normalized spacial score (nSPS) is 9.75. The van der Waals surface area contributed by atoms with E-state index in [0.717, 1.165) is 0 Å². The predicted molar refractivity (Wildman–Crippen MR) is 76.3 cm³/mol. The van der Waals surface area contributed by atoms with E-state index in [1.807, 2.05) is 13.8 Å². The van der Waals surface area contributed by atoms with Crippen LogP contribution in [0.1, 0.15) is 29.9 Å². The summed E-state index contributed by atoms with van der Waals surface area (Å²) in [5.41, 5.74) is 0.841. The molecule has 108 valence electrons. The van der Waals surface area contributed by atoms with E-state index in [-0.39, 0.29) is 12.5 Å². The molecule has 0 aromatic carbocycles. The van der Waals surface area contributed by atoms with Crippen molar-refractivity contribution in [1.29, 1.82) is 0 Å². The van der Waals surface area contributed by atoms with E-state index in [2.05, 4.69) is 16.8 Å². The zero-order valence-electron chi connectivity index (χ0n) is 11.9. The van der Waals surface area contributed by atoms with E-state index in [4.69, 9.17) is 9.84 Å². The number of carbonyl (C=O) groups excluding carboxylic acids is 1. The number of rotatable bonds is 6. The molecular formula is C15H20N2O3. The summed E-state index contributed by atoms with van der Waals surface area (Å²) in [6, 6.07) is 3.44. The number of pyridine rings is 1. The molecule has 5 heteroatoms. The molecule has 1 rings (SSSR count). The highest BCUT2D eigenvalue weighted by atomic mass is 16.5. The van der Waals surface area contributed by atoms with E-state index in [0.29, 0.717) is 37.6 Å². The summed E-state index contributed by atoms with van der Waals surface area (Å²) in [5.74, 6) is 5.12. The van der Waals surface area contributed by atoms with E-state index < -0.39 is 0 Å². The maximum Gasteiger partial charge on any atom is 0.273 e. The second kappa shape index (κ2) is 9.08. The lowest BCUT2D eigenvalue weighted by Gasteiger charge is -2.20. The Morgan fingerprint density at radius 1 is 1.50 bits per heavy atom. The van der Waals surface area contributed by atoms with Crippen molar-refractivity contribution < 1.29 is 14.6 Å². The van der Waals surface area contributed by atoms with Gasteiger partial charge in [0.25, 0.3) is 5.91 Å². The highest BCUT2D eigenvalue weighted by Gasteiger charge is 2.18. The van der Waals surface area contributed by atoms with Gasteiger partial charge in [0.05, 0.1) is 12.2 Å². The van der Waals surface area contributed by atoms with Gasteiger partial charge < -0.3 is 14.7 Å². The average molecular weight is 276 g/mol. The minimum atomic E-state index is -0.246. The highest BCUT2D eigenvalue weighted by Crippen LogP contribution is 2.08. The third kappa shape index (κ3) is 4.65. The summed E-state index contributed by atoms with van der Waals surface area (Å²) < 4.78 is 5.27. The number of aromatic nitrogens is 1. The third-order valence-electron chi connectivity index (χ3n) is 2.69. The van der Waals surface area contributed by atoms with Crippen molar-refractivity contribution in [2.45, 2.75) is 13.8 Å². The van der Waals surface area contributed by atoms with Gasteiger partial charge in [0.2, 0.25) is 0 Å². The monoisotopic (exact) mass is 276 g/mol. The quantitative estimate of drug-likeness (QED) is 0.620. The minimum absolute atomic E-state index is 0.171. The van der Waals surface area contributed by atoms with Gasteiger partial charge in [0, 0.05) is 25.9 Å². The van der Waals surface area contributed by atoms with Crippen molar-refractivity contribution in [1.82, 2.24) is 9.88 Å². The fourth-order valence-electron chi connectivity index (χ4n) is 1.68. The maximum absolute atomic E-state index is 12.4. The van der Waals surface area contributed by atoms with Crippen LogP contribution in [0.2, 0.25) is 0 Å². The molecule has 0 spiro atoms. The molecule has 0 aliphatic carbocycles. The molecule has 0 bridgehead atoms. The highest BCUT2D eigenvalue weighted by molar-refractivity contribution is 5.94. The van der Waals surface area contributed by atoms with Crippen molar-refractivity contribution >= 4 is 5.91 Å². The first-order chi connectivity index (χ1) is 9.74. The van der Waals surface area contributed by atoms with Gasteiger partial charge in [-0.05, 0) is 26.0 Å². The molecule has 0 atom stereocenters. The van der Waals surface area contributed by atoms with Crippen molar-refractivity contribution in [3.05, 3.63) is 29.6 Å². The molecule has 0 unspecified atom stereocenters. The fraction of sp³-hybridized carbons (Fsp3) is 0.467. The third-order valence-corrected chi connectivity index (χ3v) is 2.69. The molecule has 1 heterocycles. The van der Waals surface area contributed by atoms with Gasteiger partial charge in [-0.2, -0.15) is 0 Å². The van der Waals surface area contributed by atoms with Crippen LogP contribution in [0, 0.1) is 11.8 Å². The standard InChI is InChI=1S/C15H20N2O3/c1-3-17(10-12-20-4-2)15(19)14-13(8-6-11-18)7-5-9-16-14/h5,7,9,18H,3-4,10-12H2,1-2H3. The van der Waals surface area contributed by atoms with E-state index in [1.54, 1.807) is 23.2 Å². The molecule has 5 nitrogen and oxygen atoms in total. The van der Waals surface area contributed by atoms with Crippen molar-refractivity contribution in [3.63, 3.8) is 0 Å². The lowest BCUT2D eigenvalue weighted by Crippen LogP contribution is -2.34. The van der Waals surface area contributed by atoms with Crippen LogP contribution in [0.15, 0.2) is 18.3 Å². The first-order valence-electron chi connectivity index (χ1n) is 6.66.